The monoisotopic (exact) mass is 184 g/mol. The van der Waals surface area contributed by atoms with Crippen LogP contribution in [0.15, 0.2) is 0 Å². The van der Waals surface area contributed by atoms with Crippen LogP contribution in [0.2, 0.25) is 0 Å². The van der Waals surface area contributed by atoms with Gasteiger partial charge in [-0.3, -0.25) is 5.32 Å². The van der Waals surface area contributed by atoms with E-state index in [1.807, 2.05) is 0 Å². The van der Waals surface area contributed by atoms with Gasteiger partial charge in [-0.05, 0) is 32.2 Å². The quantitative estimate of drug-likeness (QED) is 0.661. The maximum Gasteiger partial charge on any atom is 0.0574 e. The summed E-state index contributed by atoms with van der Waals surface area (Å²) in [7, 11) is 0. The Balaban J connectivity index is 2.19. The smallest absolute Gasteiger partial charge is 0.0574 e. The van der Waals surface area contributed by atoms with Crippen molar-refractivity contribution < 1.29 is 0 Å². The van der Waals surface area contributed by atoms with E-state index in [0.717, 1.165) is 6.04 Å². The molecule has 1 rings (SSSR count). The van der Waals surface area contributed by atoms with Crippen molar-refractivity contribution in [3.63, 3.8) is 0 Å². The SMILES string of the molecule is CCCC(CCC)NC1CCCN1. The summed E-state index contributed by atoms with van der Waals surface area (Å²) in [6, 6.07) is 0.741. The normalized spacial score (nSPS) is 22.8. The van der Waals surface area contributed by atoms with Gasteiger partial charge >= 0.3 is 0 Å². The maximum absolute atomic E-state index is 3.71. The molecule has 2 heteroatoms. The van der Waals surface area contributed by atoms with Crippen LogP contribution in [0.4, 0.5) is 0 Å². The van der Waals surface area contributed by atoms with Gasteiger partial charge in [0.25, 0.3) is 0 Å². The van der Waals surface area contributed by atoms with E-state index in [1.165, 1.54) is 45.1 Å². The van der Waals surface area contributed by atoms with Crippen molar-refractivity contribution in [1.29, 1.82) is 0 Å². The van der Waals surface area contributed by atoms with Crippen LogP contribution in [0.3, 0.4) is 0 Å². The highest BCUT2D eigenvalue weighted by atomic mass is 15.1. The number of rotatable bonds is 6. The van der Waals surface area contributed by atoms with E-state index in [2.05, 4.69) is 24.5 Å². The first kappa shape index (κ1) is 11.0. The second-order valence-electron chi connectivity index (χ2n) is 4.09. The molecule has 1 unspecified atom stereocenters. The molecule has 0 spiro atoms. The van der Waals surface area contributed by atoms with E-state index in [9.17, 15) is 0 Å². The molecule has 0 aliphatic carbocycles. The van der Waals surface area contributed by atoms with Crippen LogP contribution < -0.4 is 10.6 Å². The van der Waals surface area contributed by atoms with Crippen molar-refractivity contribution in [2.45, 2.75) is 64.6 Å². The van der Waals surface area contributed by atoms with Gasteiger partial charge in [-0.15, -0.1) is 0 Å². The van der Waals surface area contributed by atoms with Crippen molar-refractivity contribution in [2.75, 3.05) is 6.54 Å². The fourth-order valence-electron chi connectivity index (χ4n) is 2.12. The van der Waals surface area contributed by atoms with Crippen LogP contribution in [0, 0.1) is 0 Å². The second-order valence-corrected chi connectivity index (χ2v) is 4.09. The van der Waals surface area contributed by atoms with E-state index in [4.69, 9.17) is 0 Å². The fourth-order valence-corrected chi connectivity index (χ4v) is 2.12. The van der Waals surface area contributed by atoms with Gasteiger partial charge in [0.05, 0.1) is 6.17 Å². The lowest BCUT2D eigenvalue weighted by Gasteiger charge is -2.22. The zero-order valence-corrected chi connectivity index (χ0v) is 9.10. The van der Waals surface area contributed by atoms with Crippen molar-refractivity contribution in [2.24, 2.45) is 0 Å². The molecule has 0 bridgehead atoms. The highest BCUT2D eigenvalue weighted by Gasteiger charge is 2.16. The molecule has 0 radical (unpaired) electrons. The van der Waals surface area contributed by atoms with Crippen LogP contribution in [-0.4, -0.2) is 18.8 Å². The van der Waals surface area contributed by atoms with Crippen molar-refractivity contribution in [1.82, 2.24) is 10.6 Å². The minimum absolute atomic E-state index is 0.600. The average molecular weight is 184 g/mol. The minimum Gasteiger partial charge on any atom is -0.302 e. The van der Waals surface area contributed by atoms with Crippen LogP contribution >= 0.6 is 0 Å². The lowest BCUT2D eigenvalue weighted by Crippen LogP contribution is -2.43. The van der Waals surface area contributed by atoms with E-state index < -0.39 is 0 Å². The largest absolute Gasteiger partial charge is 0.302 e. The van der Waals surface area contributed by atoms with Gasteiger partial charge in [0.1, 0.15) is 0 Å². The lowest BCUT2D eigenvalue weighted by atomic mass is 10.1. The Morgan fingerprint density at radius 2 is 2.00 bits per heavy atom. The Labute approximate surface area is 82.5 Å². The zero-order chi connectivity index (χ0) is 9.52. The lowest BCUT2D eigenvalue weighted by molar-refractivity contribution is 0.367. The van der Waals surface area contributed by atoms with Crippen LogP contribution in [0.1, 0.15) is 52.4 Å². The third-order valence-corrected chi connectivity index (χ3v) is 2.77. The second kappa shape index (κ2) is 6.39. The first-order chi connectivity index (χ1) is 6.36. The zero-order valence-electron chi connectivity index (χ0n) is 9.10. The first-order valence-corrected chi connectivity index (χ1v) is 5.86. The third-order valence-electron chi connectivity index (χ3n) is 2.77. The number of hydrogen-bond acceptors (Lipinski definition) is 2. The molecule has 2 N–H and O–H groups in total. The van der Waals surface area contributed by atoms with E-state index >= 15 is 0 Å². The predicted molar refractivity (Wildman–Crippen MR) is 57.8 cm³/mol. The maximum atomic E-state index is 3.71. The Bertz CT molecular complexity index is 113. The number of hydrogen-bond donors (Lipinski definition) is 2. The summed E-state index contributed by atoms with van der Waals surface area (Å²) in [4.78, 5) is 0. The van der Waals surface area contributed by atoms with Gasteiger partial charge in [0.2, 0.25) is 0 Å². The standard InChI is InChI=1S/C11H24N2/c1-3-6-10(7-4-2)13-11-8-5-9-12-11/h10-13H,3-9H2,1-2H3. The molecule has 1 atom stereocenters. The van der Waals surface area contributed by atoms with E-state index in [0.29, 0.717) is 6.17 Å². The summed E-state index contributed by atoms with van der Waals surface area (Å²) >= 11 is 0. The molecule has 1 aliphatic heterocycles. The summed E-state index contributed by atoms with van der Waals surface area (Å²) in [5, 5.41) is 7.20. The summed E-state index contributed by atoms with van der Waals surface area (Å²) in [5.74, 6) is 0. The molecular weight excluding hydrogens is 160 g/mol. The van der Waals surface area contributed by atoms with Crippen LogP contribution in [0.5, 0.6) is 0 Å². The molecule has 0 saturated carbocycles. The fraction of sp³-hybridized carbons (Fsp3) is 1.00. The van der Waals surface area contributed by atoms with Gasteiger partial charge in [-0.1, -0.05) is 26.7 Å². The summed E-state index contributed by atoms with van der Waals surface area (Å²) in [6.07, 6.45) is 8.49. The Morgan fingerprint density at radius 3 is 2.46 bits per heavy atom. The van der Waals surface area contributed by atoms with Gasteiger partial charge in [-0.2, -0.15) is 0 Å². The average Bonchev–Trinajstić information content (AvgIpc) is 2.58. The highest BCUT2D eigenvalue weighted by Crippen LogP contribution is 2.09. The van der Waals surface area contributed by atoms with Gasteiger partial charge in [0, 0.05) is 6.04 Å². The molecule has 1 fully saturated rings. The molecule has 0 aromatic rings. The van der Waals surface area contributed by atoms with E-state index in [1.54, 1.807) is 0 Å². The Hall–Kier alpha value is -0.0800. The molecule has 1 heterocycles. The Morgan fingerprint density at radius 1 is 1.31 bits per heavy atom. The number of nitrogens with one attached hydrogen (secondary N) is 2. The van der Waals surface area contributed by atoms with E-state index in [-0.39, 0.29) is 0 Å². The molecule has 78 valence electrons. The van der Waals surface area contributed by atoms with Crippen molar-refractivity contribution in [3.05, 3.63) is 0 Å². The third kappa shape index (κ3) is 4.10. The summed E-state index contributed by atoms with van der Waals surface area (Å²) in [6.45, 7) is 5.74. The molecule has 1 saturated heterocycles. The summed E-state index contributed by atoms with van der Waals surface area (Å²) in [5.41, 5.74) is 0. The van der Waals surface area contributed by atoms with Gasteiger partial charge < -0.3 is 5.32 Å². The molecule has 1 aliphatic rings. The first-order valence-electron chi connectivity index (χ1n) is 5.86. The topological polar surface area (TPSA) is 24.1 Å². The van der Waals surface area contributed by atoms with Crippen LogP contribution in [0.25, 0.3) is 0 Å². The minimum atomic E-state index is 0.600. The van der Waals surface area contributed by atoms with Gasteiger partial charge in [-0.25, -0.2) is 0 Å². The molecule has 0 amide bonds. The van der Waals surface area contributed by atoms with Crippen molar-refractivity contribution >= 4 is 0 Å². The Kier molecular flexibility index (Phi) is 5.40. The summed E-state index contributed by atoms with van der Waals surface area (Å²) < 4.78 is 0. The molecule has 0 aromatic heterocycles. The molecule has 2 nitrogen and oxygen atoms in total. The molecule has 13 heavy (non-hydrogen) atoms. The molecule has 0 aromatic carbocycles. The molecular formula is C11H24N2. The highest BCUT2D eigenvalue weighted by molar-refractivity contribution is 4.76. The predicted octanol–water partition coefficient (Wildman–Crippen LogP) is 2.25. The van der Waals surface area contributed by atoms with Crippen LogP contribution in [-0.2, 0) is 0 Å². The van der Waals surface area contributed by atoms with Gasteiger partial charge in [0.15, 0.2) is 0 Å². The van der Waals surface area contributed by atoms with Crippen molar-refractivity contribution in [3.8, 4) is 0 Å².